The van der Waals surface area contributed by atoms with Crippen LogP contribution in [0.1, 0.15) is 25.2 Å². The highest BCUT2D eigenvalue weighted by Gasteiger charge is 2.33. The smallest absolute Gasteiger partial charge is 0.232 e. The molecule has 6 nitrogen and oxygen atoms in total. The summed E-state index contributed by atoms with van der Waals surface area (Å²) in [6.45, 7) is 3.19. The topological polar surface area (TPSA) is 76.7 Å². The van der Waals surface area contributed by atoms with E-state index in [9.17, 15) is 0 Å². The van der Waals surface area contributed by atoms with Crippen molar-refractivity contribution in [3.8, 4) is 11.5 Å². The summed E-state index contributed by atoms with van der Waals surface area (Å²) in [7, 11) is 0. The van der Waals surface area contributed by atoms with E-state index >= 15 is 0 Å². The predicted molar refractivity (Wildman–Crippen MR) is 77.5 cm³/mol. The molecule has 0 radical (unpaired) electrons. The molecule has 2 unspecified atom stereocenters. The van der Waals surface area contributed by atoms with Crippen molar-refractivity contribution in [2.75, 3.05) is 18.1 Å². The lowest BCUT2D eigenvalue weighted by Gasteiger charge is -2.16. The third-order valence-corrected chi connectivity index (χ3v) is 4.50. The average molecular weight is 291 g/mol. The number of nitrogens with one attached hydrogen (secondary N) is 1. The largest absolute Gasteiger partial charge is 0.339 e. The quantitative estimate of drug-likeness (QED) is 0.898. The fraction of sp³-hybridized carbons (Fsp3) is 0.538. The first-order valence-electron chi connectivity index (χ1n) is 6.79. The van der Waals surface area contributed by atoms with Crippen LogP contribution in [0.15, 0.2) is 23.1 Å². The predicted octanol–water partition coefficient (Wildman–Crippen LogP) is 1.73. The van der Waals surface area contributed by atoms with E-state index in [0.29, 0.717) is 23.5 Å². The molecule has 1 fully saturated rings. The van der Waals surface area contributed by atoms with Crippen LogP contribution >= 0.6 is 11.8 Å². The molecular weight excluding hydrogens is 274 g/mol. The second kappa shape index (κ2) is 6.32. The Hall–Kier alpha value is -1.47. The summed E-state index contributed by atoms with van der Waals surface area (Å²) in [6.07, 6.45) is 4.29. The Morgan fingerprint density at radius 2 is 2.40 bits per heavy atom. The molecular formula is C13H17N5OS. The monoisotopic (exact) mass is 291 g/mol. The Morgan fingerprint density at radius 1 is 1.45 bits per heavy atom. The molecule has 2 aromatic heterocycles. The maximum atomic E-state index is 5.44. The Bertz CT molecular complexity index is 547. The lowest BCUT2D eigenvalue weighted by Crippen LogP contribution is -2.34. The zero-order valence-electron chi connectivity index (χ0n) is 11.3. The summed E-state index contributed by atoms with van der Waals surface area (Å²) < 4.78 is 5.44. The van der Waals surface area contributed by atoms with Gasteiger partial charge in [0, 0.05) is 23.7 Å². The lowest BCUT2D eigenvalue weighted by atomic mass is 10.0. The first kappa shape index (κ1) is 13.5. The summed E-state index contributed by atoms with van der Waals surface area (Å²) in [6, 6.07) is 2.20. The van der Waals surface area contributed by atoms with E-state index in [4.69, 9.17) is 4.52 Å². The number of thioether (sulfide) groups is 1. The molecule has 1 saturated heterocycles. The molecule has 106 valence electrons. The molecule has 0 saturated carbocycles. The molecule has 2 aromatic rings. The first-order chi connectivity index (χ1) is 9.88. The minimum atomic E-state index is 0.287. The van der Waals surface area contributed by atoms with Gasteiger partial charge >= 0.3 is 0 Å². The fourth-order valence-corrected chi connectivity index (χ4v) is 3.61. The van der Waals surface area contributed by atoms with Crippen LogP contribution in [0, 0.1) is 0 Å². The molecule has 0 aromatic carbocycles. The van der Waals surface area contributed by atoms with Gasteiger partial charge in [-0.15, -0.1) is 0 Å². The van der Waals surface area contributed by atoms with Crippen molar-refractivity contribution in [3.63, 3.8) is 0 Å². The normalized spacial score (nSPS) is 22.2. The Morgan fingerprint density at radius 3 is 3.20 bits per heavy atom. The number of hydrogen-bond donors (Lipinski definition) is 1. The molecule has 0 bridgehead atoms. The van der Waals surface area contributed by atoms with Crippen molar-refractivity contribution in [2.24, 2.45) is 0 Å². The van der Waals surface area contributed by atoms with Crippen molar-refractivity contribution in [1.82, 2.24) is 25.4 Å². The Balaban J connectivity index is 1.76. The van der Waals surface area contributed by atoms with Gasteiger partial charge in [0.1, 0.15) is 12.0 Å². The van der Waals surface area contributed by atoms with E-state index in [1.165, 1.54) is 6.33 Å². The van der Waals surface area contributed by atoms with Gasteiger partial charge in [-0.1, -0.05) is 12.1 Å². The summed E-state index contributed by atoms with van der Waals surface area (Å²) in [5, 5.41) is 7.59. The third kappa shape index (κ3) is 2.83. The number of rotatable bonds is 5. The fourth-order valence-electron chi connectivity index (χ4n) is 2.24. The summed E-state index contributed by atoms with van der Waals surface area (Å²) in [5.74, 6) is 3.64. The molecule has 3 rings (SSSR count). The van der Waals surface area contributed by atoms with E-state index in [2.05, 4.69) is 32.3 Å². The molecule has 3 heterocycles. The summed E-state index contributed by atoms with van der Waals surface area (Å²) in [5.41, 5.74) is 0.693. The number of hydrogen-bond acceptors (Lipinski definition) is 7. The van der Waals surface area contributed by atoms with Crippen LogP contribution in [0.4, 0.5) is 0 Å². The van der Waals surface area contributed by atoms with Gasteiger partial charge in [-0.2, -0.15) is 16.7 Å². The van der Waals surface area contributed by atoms with Crippen LogP contribution in [0.3, 0.4) is 0 Å². The van der Waals surface area contributed by atoms with E-state index in [1.54, 1.807) is 12.3 Å². The molecule has 0 spiro atoms. The van der Waals surface area contributed by atoms with Crippen molar-refractivity contribution >= 4 is 11.8 Å². The molecule has 20 heavy (non-hydrogen) atoms. The second-order valence-electron chi connectivity index (χ2n) is 4.76. The van der Waals surface area contributed by atoms with Crippen LogP contribution < -0.4 is 5.32 Å². The zero-order valence-corrected chi connectivity index (χ0v) is 12.1. The van der Waals surface area contributed by atoms with Crippen LogP contribution in [0.2, 0.25) is 0 Å². The first-order valence-corrected chi connectivity index (χ1v) is 7.95. The van der Waals surface area contributed by atoms with Crippen molar-refractivity contribution in [3.05, 3.63) is 24.5 Å². The number of aromatic nitrogens is 4. The van der Waals surface area contributed by atoms with Crippen molar-refractivity contribution in [1.29, 1.82) is 0 Å². The highest BCUT2D eigenvalue weighted by Crippen LogP contribution is 2.32. The van der Waals surface area contributed by atoms with Gasteiger partial charge in [-0.05, 0) is 19.0 Å². The third-order valence-electron chi connectivity index (χ3n) is 3.31. The minimum Gasteiger partial charge on any atom is -0.339 e. The maximum Gasteiger partial charge on any atom is 0.232 e. The van der Waals surface area contributed by atoms with Gasteiger partial charge in [-0.25, -0.2) is 9.97 Å². The molecule has 1 N–H and O–H groups in total. The zero-order chi connectivity index (χ0) is 13.8. The molecule has 0 aliphatic carbocycles. The van der Waals surface area contributed by atoms with Gasteiger partial charge in [0.05, 0.1) is 5.92 Å². The van der Waals surface area contributed by atoms with E-state index < -0.39 is 0 Å². The number of nitrogens with zero attached hydrogens (tertiary/aromatic N) is 4. The van der Waals surface area contributed by atoms with Crippen LogP contribution in [-0.4, -0.2) is 44.2 Å². The summed E-state index contributed by atoms with van der Waals surface area (Å²) >= 11 is 1.92. The van der Waals surface area contributed by atoms with Crippen LogP contribution in [0.5, 0.6) is 0 Å². The maximum absolute atomic E-state index is 5.44. The SMILES string of the molecule is CCCNC1CSCC1c1nc(-c2ccncn2)no1. The molecule has 7 heteroatoms. The molecule has 1 aliphatic rings. The van der Waals surface area contributed by atoms with E-state index in [0.717, 1.165) is 24.5 Å². The van der Waals surface area contributed by atoms with Crippen molar-refractivity contribution < 1.29 is 4.52 Å². The van der Waals surface area contributed by atoms with Gasteiger partial charge in [0.15, 0.2) is 0 Å². The van der Waals surface area contributed by atoms with E-state index in [1.807, 2.05) is 11.8 Å². The molecule has 0 amide bonds. The minimum absolute atomic E-state index is 0.287. The van der Waals surface area contributed by atoms with Crippen LogP contribution in [-0.2, 0) is 0 Å². The van der Waals surface area contributed by atoms with Crippen molar-refractivity contribution in [2.45, 2.75) is 25.3 Å². The lowest BCUT2D eigenvalue weighted by molar-refractivity contribution is 0.339. The van der Waals surface area contributed by atoms with Crippen LogP contribution in [0.25, 0.3) is 11.5 Å². The average Bonchev–Trinajstić information content (AvgIpc) is 3.14. The van der Waals surface area contributed by atoms with E-state index in [-0.39, 0.29) is 5.92 Å². The molecule has 2 atom stereocenters. The highest BCUT2D eigenvalue weighted by molar-refractivity contribution is 7.99. The van der Waals surface area contributed by atoms with Gasteiger partial charge in [0.2, 0.25) is 11.7 Å². The summed E-state index contributed by atoms with van der Waals surface area (Å²) in [4.78, 5) is 12.5. The van der Waals surface area contributed by atoms with Gasteiger partial charge < -0.3 is 9.84 Å². The second-order valence-corrected chi connectivity index (χ2v) is 5.83. The highest BCUT2D eigenvalue weighted by atomic mass is 32.2. The molecule has 1 aliphatic heterocycles. The Labute approximate surface area is 121 Å². The standard InChI is InChI=1S/C13H17N5OS/c1-2-4-15-11-7-20-6-9(11)13-17-12(18-19-13)10-3-5-14-8-16-10/h3,5,8-9,11,15H,2,4,6-7H2,1H3. The van der Waals surface area contributed by atoms with Gasteiger partial charge in [0.25, 0.3) is 0 Å². The van der Waals surface area contributed by atoms with Gasteiger partial charge in [-0.3, -0.25) is 0 Å². The Kier molecular flexibility index (Phi) is 4.27.